The summed E-state index contributed by atoms with van der Waals surface area (Å²) in [6, 6.07) is 19.6. The first-order valence-electron chi connectivity index (χ1n) is 6.90. The number of hydrogen-bond donors (Lipinski definition) is 0. The molecule has 0 bridgehead atoms. The van der Waals surface area contributed by atoms with Gasteiger partial charge in [0, 0.05) is 11.6 Å². The first kappa shape index (κ1) is 15.6. The molecule has 0 fully saturated rings. The number of hydrogen-bond acceptors (Lipinski definition) is 2. The fourth-order valence-electron chi connectivity index (χ4n) is 2.21. The summed E-state index contributed by atoms with van der Waals surface area (Å²) in [5, 5.41) is 4.28. The van der Waals surface area contributed by atoms with Crippen molar-refractivity contribution in [3.8, 4) is 11.1 Å². The number of aromatic nitrogens is 2. The lowest BCUT2D eigenvalue weighted by Gasteiger charge is -2.06. The van der Waals surface area contributed by atoms with Gasteiger partial charge in [-0.25, -0.2) is 4.68 Å². The van der Waals surface area contributed by atoms with Gasteiger partial charge < -0.3 is 0 Å². The summed E-state index contributed by atoms with van der Waals surface area (Å²) >= 11 is 0. The summed E-state index contributed by atoms with van der Waals surface area (Å²) in [7, 11) is 0. The Bertz CT molecular complexity index is 795. The number of rotatable bonds is 3. The topological polar surface area (TPSA) is 34.9 Å². The van der Waals surface area contributed by atoms with Crippen molar-refractivity contribution in [2.75, 3.05) is 0 Å². The molecule has 0 amide bonds. The predicted octanol–water partition coefficient (Wildman–Crippen LogP) is 3.42. The van der Waals surface area contributed by atoms with Crippen LogP contribution in [0.25, 0.3) is 11.1 Å². The van der Waals surface area contributed by atoms with E-state index >= 15 is 0 Å². The van der Waals surface area contributed by atoms with Gasteiger partial charge in [-0.3, -0.25) is 9.50 Å². The van der Waals surface area contributed by atoms with Crippen molar-refractivity contribution in [1.29, 1.82) is 0 Å². The van der Waals surface area contributed by atoms with Gasteiger partial charge in [-0.15, -0.1) is 0 Å². The molecule has 22 heavy (non-hydrogen) atoms. The summed E-state index contributed by atoms with van der Waals surface area (Å²) < 4.78 is 1.48. The summed E-state index contributed by atoms with van der Waals surface area (Å²) in [5.41, 5.74) is 4.04. The highest BCUT2D eigenvalue weighted by molar-refractivity contribution is 5.62. The molecule has 1 aromatic heterocycles. The van der Waals surface area contributed by atoms with Crippen LogP contribution in [-0.4, -0.2) is 9.78 Å². The van der Waals surface area contributed by atoms with Crippen LogP contribution in [0.15, 0.2) is 71.7 Å². The molecule has 3 aromatic rings. The molecule has 3 nitrogen and oxygen atoms in total. The molecule has 4 heteroatoms. The summed E-state index contributed by atoms with van der Waals surface area (Å²) in [6.45, 7) is 2.54. The molecule has 0 radical (unpaired) electrons. The van der Waals surface area contributed by atoms with E-state index in [0.29, 0.717) is 6.54 Å². The predicted molar refractivity (Wildman–Crippen MR) is 86.7 cm³/mol. The number of benzene rings is 2. The van der Waals surface area contributed by atoms with Crippen molar-refractivity contribution in [3.63, 3.8) is 0 Å². The van der Waals surface area contributed by atoms with Gasteiger partial charge in [0.2, 0.25) is 0 Å². The molecule has 0 N–H and O–H groups in total. The summed E-state index contributed by atoms with van der Waals surface area (Å²) in [4.78, 5) is 12.2. The fourth-order valence-corrected chi connectivity index (χ4v) is 2.21. The van der Waals surface area contributed by atoms with Gasteiger partial charge in [-0.2, -0.15) is 5.10 Å². The zero-order valence-corrected chi connectivity index (χ0v) is 12.3. The van der Waals surface area contributed by atoms with Gasteiger partial charge in [-0.1, -0.05) is 60.2 Å². The largest absolute Gasteiger partial charge is 0.269 e. The van der Waals surface area contributed by atoms with E-state index in [9.17, 15) is 4.79 Å². The van der Waals surface area contributed by atoms with Crippen molar-refractivity contribution in [1.82, 2.24) is 9.78 Å². The molecule has 1 heterocycles. The standard InChI is InChI=1S/C18H16N2O.FH/c1-14-7-9-16(10-8-14)17-11-18(21)20(19-12-17)13-15-5-3-2-4-6-15;/h2-12H,13H2,1H3;1H. The molecule has 0 saturated carbocycles. The van der Waals surface area contributed by atoms with Crippen LogP contribution < -0.4 is 5.56 Å². The van der Waals surface area contributed by atoms with E-state index in [1.807, 2.05) is 61.5 Å². The maximum absolute atomic E-state index is 12.2. The molecule has 0 aliphatic carbocycles. The van der Waals surface area contributed by atoms with Crippen molar-refractivity contribution in [2.24, 2.45) is 0 Å². The minimum absolute atomic E-state index is 0. The average molecular weight is 296 g/mol. The van der Waals surface area contributed by atoms with E-state index in [1.54, 1.807) is 12.3 Å². The zero-order valence-electron chi connectivity index (χ0n) is 12.3. The van der Waals surface area contributed by atoms with Crippen LogP contribution in [0, 0.1) is 6.92 Å². The maximum atomic E-state index is 12.2. The van der Waals surface area contributed by atoms with Crippen LogP contribution in [0.3, 0.4) is 0 Å². The lowest BCUT2D eigenvalue weighted by Crippen LogP contribution is -2.22. The molecule has 0 spiro atoms. The SMILES string of the molecule is Cc1ccc(-c2cnn(Cc3ccccc3)c(=O)c2)cc1.F. The van der Waals surface area contributed by atoms with Gasteiger partial charge in [0.15, 0.2) is 0 Å². The number of halogens is 1. The minimum atomic E-state index is -0.0862. The normalized spacial score (nSPS) is 10.0. The second-order valence-corrected chi connectivity index (χ2v) is 5.09. The van der Waals surface area contributed by atoms with Crippen LogP contribution in [-0.2, 0) is 6.54 Å². The fraction of sp³-hybridized carbons (Fsp3) is 0.111. The quantitative estimate of drug-likeness (QED) is 0.742. The highest BCUT2D eigenvalue weighted by Gasteiger charge is 2.03. The molecule has 3 rings (SSSR count). The highest BCUT2D eigenvalue weighted by atomic mass is 19.0. The van der Waals surface area contributed by atoms with Crippen molar-refractivity contribution in [3.05, 3.63) is 88.3 Å². The second kappa shape index (κ2) is 6.80. The van der Waals surface area contributed by atoms with Crippen LogP contribution in [0.4, 0.5) is 4.70 Å². The van der Waals surface area contributed by atoms with Gasteiger partial charge in [-0.05, 0) is 18.1 Å². The van der Waals surface area contributed by atoms with Crippen molar-refractivity contribution in [2.45, 2.75) is 13.5 Å². The van der Waals surface area contributed by atoms with E-state index < -0.39 is 0 Å². The third kappa shape index (κ3) is 3.47. The monoisotopic (exact) mass is 296 g/mol. The molecule has 0 aliphatic rings. The Labute approximate surface area is 128 Å². The van der Waals surface area contributed by atoms with Gasteiger partial charge >= 0.3 is 0 Å². The molecule has 0 aliphatic heterocycles. The van der Waals surface area contributed by atoms with E-state index in [-0.39, 0.29) is 10.3 Å². The van der Waals surface area contributed by atoms with Crippen LogP contribution in [0.1, 0.15) is 11.1 Å². The Hall–Kier alpha value is -2.75. The maximum Gasteiger partial charge on any atom is 0.267 e. The molecule has 112 valence electrons. The number of nitrogens with zero attached hydrogens (tertiary/aromatic N) is 2. The smallest absolute Gasteiger partial charge is 0.267 e. The lowest BCUT2D eigenvalue weighted by atomic mass is 10.1. The first-order chi connectivity index (χ1) is 10.2. The molecule has 2 aromatic carbocycles. The van der Waals surface area contributed by atoms with E-state index in [2.05, 4.69) is 5.10 Å². The highest BCUT2D eigenvalue weighted by Crippen LogP contribution is 2.16. The summed E-state index contributed by atoms with van der Waals surface area (Å²) in [5.74, 6) is 0. The van der Waals surface area contributed by atoms with E-state index in [1.165, 1.54) is 10.2 Å². The Morgan fingerprint density at radius 2 is 1.64 bits per heavy atom. The second-order valence-electron chi connectivity index (χ2n) is 5.09. The van der Waals surface area contributed by atoms with Gasteiger partial charge in [0.25, 0.3) is 5.56 Å². The molecular weight excluding hydrogens is 279 g/mol. The Morgan fingerprint density at radius 1 is 0.955 bits per heavy atom. The third-order valence-electron chi connectivity index (χ3n) is 3.43. The Balaban J connectivity index is 0.00000176. The van der Waals surface area contributed by atoms with Crippen LogP contribution in [0.5, 0.6) is 0 Å². The van der Waals surface area contributed by atoms with E-state index in [4.69, 9.17) is 0 Å². The van der Waals surface area contributed by atoms with Crippen molar-refractivity contribution >= 4 is 0 Å². The van der Waals surface area contributed by atoms with Crippen molar-refractivity contribution < 1.29 is 4.70 Å². The molecular formula is C18H17FN2O. The van der Waals surface area contributed by atoms with Gasteiger partial charge in [0.05, 0.1) is 12.7 Å². The Morgan fingerprint density at radius 3 is 2.27 bits per heavy atom. The average Bonchev–Trinajstić information content (AvgIpc) is 2.51. The molecule has 0 saturated heterocycles. The van der Waals surface area contributed by atoms with Crippen LogP contribution in [0.2, 0.25) is 0 Å². The van der Waals surface area contributed by atoms with Crippen LogP contribution >= 0.6 is 0 Å². The molecule has 0 atom stereocenters. The minimum Gasteiger partial charge on any atom is -0.269 e. The zero-order chi connectivity index (χ0) is 14.7. The van der Waals surface area contributed by atoms with Gasteiger partial charge in [0.1, 0.15) is 0 Å². The summed E-state index contributed by atoms with van der Waals surface area (Å²) in [6.07, 6.45) is 1.75. The molecule has 0 unspecified atom stereocenters. The lowest BCUT2D eigenvalue weighted by molar-refractivity contribution is 0.640. The Kier molecular flexibility index (Phi) is 4.84. The van der Waals surface area contributed by atoms with E-state index in [0.717, 1.165) is 16.7 Å². The number of aryl methyl sites for hydroxylation is 1. The first-order valence-corrected chi connectivity index (χ1v) is 6.90. The third-order valence-corrected chi connectivity index (χ3v) is 3.43.